The van der Waals surface area contributed by atoms with E-state index in [-0.39, 0.29) is 48.8 Å². The second kappa shape index (κ2) is 9.19. The zero-order chi connectivity index (χ0) is 24.6. The number of halogens is 4. The summed E-state index contributed by atoms with van der Waals surface area (Å²) >= 11 is 0. The lowest BCUT2D eigenvalue weighted by Gasteiger charge is -2.42. The Hall–Kier alpha value is -3.24. The number of alkyl halides is 3. The summed E-state index contributed by atoms with van der Waals surface area (Å²) in [5.41, 5.74) is -2.79. The molecule has 2 heterocycles. The maximum atomic E-state index is 14.6. The summed E-state index contributed by atoms with van der Waals surface area (Å²) < 4.78 is 54.2. The lowest BCUT2D eigenvalue weighted by Crippen LogP contribution is -2.59. The van der Waals surface area contributed by atoms with Gasteiger partial charge < -0.3 is 9.80 Å². The number of piperazine rings is 1. The summed E-state index contributed by atoms with van der Waals surface area (Å²) in [6.07, 6.45) is 0.0107. The van der Waals surface area contributed by atoms with Crippen LogP contribution in [-0.2, 0) is 17.5 Å². The third kappa shape index (κ3) is 4.69. The zero-order valence-corrected chi connectivity index (χ0v) is 18.5. The predicted octanol–water partition coefficient (Wildman–Crippen LogP) is 3.07. The van der Waals surface area contributed by atoms with E-state index in [9.17, 15) is 31.9 Å². The van der Waals surface area contributed by atoms with Gasteiger partial charge in [0.25, 0.3) is 11.5 Å². The third-order valence-electron chi connectivity index (χ3n) is 6.39. The Morgan fingerprint density at radius 1 is 1.15 bits per heavy atom. The van der Waals surface area contributed by atoms with E-state index in [0.29, 0.717) is 10.7 Å². The van der Waals surface area contributed by atoms with Crippen LogP contribution in [0, 0.1) is 5.82 Å². The van der Waals surface area contributed by atoms with Gasteiger partial charge in [0.2, 0.25) is 5.91 Å². The molecule has 11 heteroatoms. The lowest BCUT2D eigenvalue weighted by molar-refractivity contribution is -0.141. The molecule has 34 heavy (non-hydrogen) atoms. The fourth-order valence-corrected chi connectivity index (χ4v) is 4.82. The van der Waals surface area contributed by atoms with Gasteiger partial charge in [-0.2, -0.15) is 18.3 Å². The second-order valence-corrected chi connectivity index (χ2v) is 8.79. The molecule has 1 saturated heterocycles. The smallest absolute Gasteiger partial charge is 0.334 e. The Bertz CT molecular complexity index is 1160. The molecule has 0 N–H and O–H groups in total. The van der Waals surface area contributed by atoms with Gasteiger partial charge in [-0.1, -0.05) is 18.9 Å². The molecule has 0 unspecified atom stereocenters. The highest BCUT2D eigenvalue weighted by molar-refractivity contribution is 5.97. The van der Waals surface area contributed by atoms with Crippen molar-refractivity contribution >= 4 is 11.8 Å². The summed E-state index contributed by atoms with van der Waals surface area (Å²) in [5, 5.41) is 3.67. The highest BCUT2D eigenvalue weighted by atomic mass is 19.4. The van der Waals surface area contributed by atoms with Crippen molar-refractivity contribution in [3.63, 3.8) is 0 Å². The summed E-state index contributed by atoms with van der Waals surface area (Å²) in [4.78, 5) is 41.1. The maximum absolute atomic E-state index is 14.6. The van der Waals surface area contributed by atoms with Gasteiger partial charge in [-0.05, 0) is 43.5 Å². The van der Waals surface area contributed by atoms with Crippen LogP contribution in [0.15, 0.2) is 35.3 Å². The van der Waals surface area contributed by atoms with Crippen LogP contribution in [-0.4, -0.2) is 56.6 Å². The SMILES string of the molecule is C[C@@H]1CN(C(=O)c2cc(Cn3nccc(C(F)(F)F)c3=O)ccc2F)CC(=O)N1C1CCCC1. The van der Waals surface area contributed by atoms with Gasteiger partial charge in [-0.15, -0.1) is 0 Å². The van der Waals surface area contributed by atoms with Gasteiger partial charge in [0.05, 0.1) is 12.1 Å². The molecule has 1 saturated carbocycles. The second-order valence-electron chi connectivity index (χ2n) is 8.79. The zero-order valence-electron chi connectivity index (χ0n) is 18.5. The number of nitrogens with zero attached hydrogens (tertiary/aromatic N) is 4. The van der Waals surface area contributed by atoms with Crippen molar-refractivity contribution in [1.82, 2.24) is 19.6 Å². The molecule has 2 amide bonds. The maximum Gasteiger partial charge on any atom is 0.421 e. The minimum Gasteiger partial charge on any atom is -0.334 e. The van der Waals surface area contributed by atoms with Crippen LogP contribution in [0.4, 0.5) is 17.6 Å². The topological polar surface area (TPSA) is 75.5 Å². The molecule has 1 aromatic heterocycles. The summed E-state index contributed by atoms with van der Waals surface area (Å²) in [6, 6.07) is 4.01. The first-order chi connectivity index (χ1) is 16.1. The fourth-order valence-electron chi connectivity index (χ4n) is 4.82. The number of carbonyl (C=O) groups is 2. The van der Waals surface area contributed by atoms with E-state index in [2.05, 4.69) is 5.10 Å². The first kappa shape index (κ1) is 23.9. The van der Waals surface area contributed by atoms with Gasteiger partial charge in [0.1, 0.15) is 17.9 Å². The Morgan fingerprint density at radius 3 is 2.50 bits per heavy atom. The largest absolute Gasteiger partial charge is 0.421 e. The van der Waals surface area contributed by atoms with Crippen molar-refractivity contribution in [3.05, 3.63) is 63.3 Å². The van der Waals surface area contributed by atoms with Crippen molar-refractivity contribution in [2.45, 2.75) is 57.4 Å². The summed E-state index contributed by atoms with van der Waals surface area (Å²) in [6.45, 7) is 1.56. The van der Waals surface area contributed by atoms with Gasteiger partial charge in [0.15, 0.2) is 0 Å². The molecule has 1 aliphatic heterocycles. The molecule has 0 spiro atoms. The van der Waals surface area contributed by atoms with E-state index in [0.717, 1.165) is 37.9 Å². The minimum absolute atomic E-state index is 0.165. The van der Waals surface area contributed by atoms with Gasteiger partial charge in [-0.3, -0.25) is 14.4 Å². The Morgan fingerprint density at radius 2 is 1.85 bits per heavy atom. The van der Waals surface area contributed by atoms with E-state index < -0.39 is 29.0 Å². The van der Waals surface area contributed by atoms with Gasteiger partial charge in [-0.25, -0.2) is 9.07 Å². The van der Waals surface area contributed by atoms with Crippen molar-refractivity contribution in [3.8, 4) is 0 Å². The first-order valence-corrected chi connectivity index (χ1v) is 11.1. The molecule has 2 fully saturated rings. The van der Waals surface area contributed by atoms with Gasteiger partial charge >= 0.3 is 6.18 Å². The number of hydrogen-bond acceptors (Lipinski definition) is 4. The third-order valence-corrected chi connectivity index (χ3v) is 6.39. The molecule has 7 nitrogen and oxygen atoms in total. The molecule has 1 aliphatic carbocycles. The highest BCUT2D eigenvalue weighted by Crippen LogP contribution is 2.28. The van der Waals surface area contributed by atoms with Crippen LogP contribution in [0.1, 0.15) is 54.1 Å². The predicted molar refractivity (Wildman–Crippen MR) is 113 cm³/mol. The molecule has 2 aromatic rings. The van der Waals surface area contributed by atoms with Crippen LogP contribution >= 0.6 is 0 Å². The Balaban J connectivity index is 1.54. The van der Waals surface area contributed by atoms with Crippen LogP contribution in [0.25, 0.3) is 0 Å². The number of benzene rings is 1. The number of hydrogen-bond donors (Lipinski definition) is 0. The number of amides is 2. The van der Waals surface area contributed by atoms with Crippen molar-refractivity contribution < 1.29 is 27.2 Å². The molecular formula is C23H24F4N4O3. The monoisotopic (exact) mass is 480 g/mol. The van der Waals surface area contributed by atoms with E-state index in [1.54, 1.807) is 0 Å². The number of rotatable bonds is 4. The molecule has 0 radical (unpaired) electrons. The summed E-state index contributed by atoms with van der Waals surface area (Å²) in [5.74, 6) is -1.69. The Kier molecular flexibility index (Phi) is 6.46. The van der Waals surface area contributed by atoms with Crippen molar-refractivity contribution in [2.75, 3.05) is 13.1 Å². The standard InChI is InChI=1S/C23H24F4N4O3/c1-14-11-29(13-20(32)31(14)16-4-2-3-5-16)21(33)17-10-15(6-7-19(17)24)12-30-22(34)18(8-9-28-30)23(25,26)27/h6-10,14,16H,2-5,11-13H2,1H3/t14-/m1/s1. The lowest BCUT2D eigenvalue weighted by atomic mass is 10.0. The molecule has 1 atom stereocenters. The average Bonchev–Trinajstić information content (AvgIpc) is 3.29. The van der Waals surface area contributed by atoms with Crippen LogP contribution in [0.3, 0.4) is 0 Å². The van der Waals surface area contributed by atoms with E-state index >= 15 is 0 Å². The molecule has 182 valence electrons. The molecular weight excluding hydrogens is 456 g/mol. The molecule has 2 aliphatic rings. The van der Waals surface area contributed by atoms with E-state index in [1.165, 1.54) is 17.0 Å². The number of carbonyl (C=O) groups excluding carboxylic acids is 2. The van der Waals surface area contributed by atoms with Crippen LogP contribution in [0.2, 0.25) is 0 Å². The van der Waals surface area contributed by atoms with Crippen LogP contribution in [0.5, 0.6) is 0 Å². The van der Waals surface area contributed by atoms with Crippen LogP contribution < -0.4 is 5.56 Å². The quantitative estimate of drug-likeness (QED) is 0.631. The fraction of sp³-hybridized carbons (Fsp3) is 0.478. The van der Waals surface area contributed by atoms with Gasteiger partial charge in [0, 0.05) is 24.8 Å². The molecule has 1 aromatic carbocycles. The average molecular weight is 480 g/mol. The van der Waals surface area contributed by atoms with E-state index in [4.69, 9.17) is 0 Å². The van der Waals surface area contributed by atoms with Crippen molar-refractivity contribution in [1.29, 1.82) is 0 Å². The van der Waals surface area contributed by atoms with E-state index in [1.807, 2.05) is 11.8 Å². The van der Waals surface area contributed by atoms with Crippen molar-refractivity contribution in [2.24, 2.45) is 0 Å². The first-order valence-electron chi connectivity index (χ1n) is 11.1. The molecule has 0 bridgehead atoms. The summed E-state index contributed by atoms with van der Waals surface area (Å²) in [7, 11) is 0. The normalized spacial score (nSPS) is 19.7. The number of aromatic nitrogens is 2. The highest BCUT2D eigenvalue weighted by Gasteiger charge is 2.38. The Labute approximate surface area is 193 Å². The molecule has 4 rings (SSSR count). The minimum atomic E-state index is -4.84.